The Morgan fingerprint density at radius 1 is 1.14 bits per heavy atom. The van der Waals surface area contributed by atoms with Gasteiger partial charge in [-0.3, -0.25) is 4.98 Å². The molecule has 0 aliphatic carbocycles. The van der Waals surface area contributed by atoms with Crippen molar-refractivity contribution in [1.82, 2.24) is 15.0 Å². The van der Waals surface area contributed by atoms with E-state index >= 15 is 0 Å². The summed E-state index contributed by atoms with van der Waals surface area (Å²) in [6.45, 7) is 0.335. The summed E-state index contributed by atoms with van der Waals surface area (Å²) in [6, 6.07) is 7.80. The summed E-state index contributed by atoms with van der Waals surface area (Å²) in [7, 11) is 0. The van der Waals surface area contributed by atoms with Crippen LogP contribution in [-0.2, 0) is 12.7 Å². The molecule has 3 N–H and O–H groups in total. The van der Waals surface area contributed by atoms with Gasteiger partial charge in [0, 0.05) is 12.7 Å². The fourth-order valence-electron chi connectivity index (χ4n) is 2.08. The van der Waals surface area contributed by atoms with Crippen LogP contribution in [0.15, 0.2) is 36.5 Å². The van der Waals surface area contributed by atoms with Crippen molar-refractivity contribution in [3.63, 3.8) is 0 Å². The maximum atomic E-state index is 12.5. The van der Waals surface area contributed by atoms with Crippen molar-refractivity contribution in [2.24, 2.45) is 5.73 Å². The van der Waals surface area contributed by atoms with Crippen LogP contribution in [0.4, 0.5) is 13.2 Å². The average molecular weight is 292 g/mol. The van der Waals surface area contributed by atoms with Gasteiger partial charge in [0.1, 0.15) is 5.69 Å². The molecule has 0 unspecified atom stereocenters. The van der Waals surface area contributed by atoms with E-state index in [1.54, 1.807) is 0 Å². The lowest BCUT2D eigenvalue weighted by atomic mass is 10.2. The zero-order valence-corrected chi connectivity index (χ0v) is 10.8. The van der Waals surface area contributed by atoms with Gasteiger partial charge in [-0.1, -0.05) is 12.1 Å². The lowest BCUT2D eigenvalue weighted by Crippen LogP contribution is -2.05. The van der Waals surface area contributed by atoms with Gasteiger partial charge in [-0.05, 0) is 23.8 Å². The highest BCUT2D eigenvalue weighted by atomic mass is 19.4. The van der Waals surface area contributed by atoms with Crippen LogP contribution < -0.4 is 5.73 Å². The summed E-state index contributed by atoms with van der Waals surface area (Å²) in [5.74, 6) is 0.416. The number of aromatic nitrogens is 3. The molecule has 2 heterocycles. The second-order valence-electron chi connectivity index (χ2n) is 4.53. The van der Waals surface area contributed by atoms with Crippen LogP contribution in [0.2, 0.25) is 0 Å². The van der Waals surface area contributed by atoms with E-state index in [2.05, 4.69) is 15.0 Å². The number of aromatic amines is 1. The molecule has 21 heavy (non-hydrogen) atoms. The van der Waals surface area contributed by atoms with Crippen LogP contribution in [0.25, 0.3) is 22.6 Å². The highest BCUT2D eigenvalue weighted by molar-refractivity contribution is 5.81. The SMILES string of the molecule is NCc1cccc2[nH]c(-c3ccc(C(F)(F)F)cn3)nc12. The molecule has 108 valence electrons. The Balaban J connectivity index is 2.04. The van der Waals surface area contributed by atoms with E-state index in [1.807, 2.05) is 18.2 Å². The van der Waals surface area contributed by atoms with Gasteiger partial charge < -0.3 is 10.7 Å². The summed E-state index contributed by atoms with van der Waals surface area (Å²) < 4.78 is 37.5. The van der Waals surface area contributed by atoms with E-state index in [1.165, 1.54) is 6.07 Å². The Kier molecular flexibility index (Phi) is 3.13. The van der Waals surface area contributed by atoms with Gasteiger partial charge in [-0.2, -0.15) is 13.2 Å². The molecule has 4 nitrogen and oxygen atoms in total. The molecule has 3 rings (SSSR count). The first-order valence-electron chi connectivity index (χ1n) is 6.20. The number of hydrogen-bond donors (Lipinski definition) is 2. The molecule has 0 fully saturated rings. The average Bonchev–Trinajstić information content (AvgIpc) is 2.90. The van der Waals surface area contributed by atoms with Gasteiger partial charge >= 0.3 is 6.18 Å². The zero-order valence-electron chi connectivity index (χ0n) is 10.8. The van der Waals surface area contributed by atoms with Gasteiger partial charge in [0.25, 0.3) is 0 Å². The van der Waals surface area contributed by atoms with Crippen molar-refractivity contribution in [3.05, 3.63) is 47.7 Å². The third kappa shape index (κ3) is 2.47. The summed E-state index contributed by atoms with van der Waals surface area (Å²) >= 11 is 0. The Bertz CT molecular complexity index is 775. The van der Waals surface area contributed by atoms with Crippen molar-refractivity contribution in [1.29, 1.82) is 0 Å². The minimum Gasteiger partial charge on any atom is -0.337 e. The summed E-state index contributed by atoms with van der Waals surface area (Å²) in [5.41, 5.74) is 7.54. The smallest absolute Gasteiger partial charge is 0.337 e. The molecule has 0 aliphatic heterocycles. The molecule has 7 heteroatoms. The Morgan fingerprint density at radius 3 is 2.57 bits per heavy atom. The molecule has 0 bridgehead atoms. The molecule has 3 aromatic rings. The fourth-order valence-corrected chi connectivity index (χ4v) is 2.08. The molecular formula is C14H11F3N4. The van der Waals surface area contributed by atoms with Crippen LogP contribution >= 0.6 is 0 Å². The van der Waals surface area contributed by atoms with E-state index < -0.39 is 11.7 Å². The van der Waals surface area contributed by atoms with Crippen LogP contribution in [0, 0.1) is 0 Å². The quantitative estimate of drug-likeness (QED) is 0.762. The molecule has 1 aromatic carbocycles. The van der Waals surface area contributed by atoms with Crippen LogP contribution in [0.5, 0.6) is 0 Å². The molecule has 0 spiro atoms. The monoisotopic (exact) mass is 292 g/mol. The van der Waals surface area contributed by atoms with Crippen LogP contribution in [0.3, 0.4) is 0 Å². The molecule has 0 radical (unpaired) electrons. The number of nitrogens with zero attached hydrogens (tertiary/aromatic N) is 2. The summed E-state index contributed by atoms with van der Waals surface area (Å²) in [5, 5.41) is 0. The lowest BCUT2D eigenvalue weighted by Gasteiger charge is -2.05. The predicted octanol–water partition coefficient (Wildman–Crippen LogP) is 3.10. The topological polar surface area (TPSA) is 67.6 Å². The first kappa shape index (κ1) is 13.6. The van der Waals surface area contributed by atoms with Crippen molar-refractivity contribution in [2.45, 2.75) is 12.7 Å². The molecule has 0 aliphatic rings. The Labute approximate surface area is 117 Å². The van der Waals surface area contributed by atoms with E-state index in [-0.39, 0.29) is 0 Å². The first-order chi connectivity index (χ1) is 9.99. The Hall–Kier alpha value is -2.41. The minimum atomic E-state index is -4.40. The van der Waals surface area contributed by atoms with Gasteiger partial charge in [-0.25, -0.2) is 4.98 Å². The number of nitrogens with two attached hydrogens (primary N) is 1. The van der Waals surface area contributed by atoms with Crippen LogP contribution in [0.1, 0.15) is 11.1 Å². The minimum absolute atomic E-state index is 0.335. The molecule has 2 aromatic heterocycles. The zero-order chi connectivity index (χ0) is 15.0. The number of alkyl halides is 3. The van der Waals surface area contributed by atoms with Crippen molar-refractivity contribution in [2.75, 3.05) is 0 Å². The van der Waals surface area contributed by atoms with Crippen molar-refractivity contribution >= 4 is 11.0 Å². The van der Waals surface area contributed by atoms with E-state index in [0.717, 1.165) is 23.3 Å². The van der Waals surface area contributed by atoms with Crippen molar-refractivity contribution < 1.29 is 13.2 Å². The third-order valence-corrected chi connectivity index (χ3v) is 3.15. The third-order valence-electron chi connectivity index (χ3n) is 3.15. The predicted molar refractivity (Wildman–Crippen MR) is 72.2 cm³/mol. The summed E-state index contributed by atoms with van der Waals surface area (Å²) in [4.78, 5) is 11.2. The van der Waals surface area contributed by atoms with Gasteiger partial charge in [0.05, 0.1) is 16.6 Å². The summed E-state index contributed by atoms with van der Waals surface area (Å²) in [6.07, 6.45) is -3.60. The maximum Gasteiger partial charge on any atom is 0.417 e. The number of nitrogens with one attached hydrogen (secondary N) is 1. The highest BCUT2D eigenvalue weighted by Gasteiger charge is 2.30. The van der Waals surface area contributed by atoms with Crippen LogP contribution in [-0.4, -0.2) is 15.0 Å². The van der Waals surface area contributed by atoms with Gasteiger partial charge in [0.15, 0.2) is 5.82 Å². The number of rotatable bonds is 2. The largest absolute Gasteiger partial charge is 0.417 e. The van der Waals surface area contributed by atoms with Gasteiger partial charge in [-0.15, -0.1) is 0 Å². The second kappa shape index (κ2) is 4.85. The van der Waals surface area contributed by atoms with E-state index in [9.17, 15) is 13.2 Å². The number of pyridine rings is 1. The first-order valence-corrected chi connectivity index (χ1v) is 6.20. The molecule has 0 saturated heterocycles. The molecular weight excluding hydrogens is 281 g/mol. The maximum absolute atomic E-state index is 12.5. The number of hydrogen-bond acceptors (Lipinski definition) is 3. The lowest BCUT2D eigenvalue weighted by molar-refractivity contribution is -0.137. The van der Waals surface area contributed by atoms with E-state index in [0.29, 0.717) is 23.6 Å². The Morgan fingerprint density at radius 2 is 1.95 bits per heavy atom. The molecule has 0 atom stereocenters. The highest BCUT2D eigenvalue weighted by Crippen LogP contribution is 2.29. The van der Waals surface area contributed by atoms with E-state index in [4.69, 9.17) is 5.73 Å². The molecule has 0 amide bonds. The number of imidazole rings is 1. The number of fused-ring (bicyclic) bond motifs is 1. The van der Waals surface area contributed by atoms with Crippen molar-refractivity contribution in [3.8, 4) is 11.5 Å². The van der Waals surface area contributed by atoms with Gasteiger partial charge in [0.2, 0.25) is 0 Å². The number of halogens is 3. The number of benzene rings is 1. The second-order valence-corrected chi connectivity index (χ2v) is 4.53. The fraction of sp³-hybridized carbons (Fsp3) is 0.143. The number of para-hydroxylation sites is 1. The normalized spacial score (nSPS) is 12.0. The number of H-pyrrole nitrogens is 1. The molecule has 0 saturated carbocycles. The standard InChI is InChI=1S/C14H11F3N4/c15-14(16,17)9-4-5-11(19-7-9)13-20-10-3-1-2-8(6-18)12(10)21-13/h1-5,7H,6,18H2,(H,20,21).